The quantitative estimate of drug-likeness (QED) is 0.276. The van der Waals surface area contributed by atoms with Crippen molar-refractivity contribution in [2.24, 2.45) is 18.9 Å². The Morgan fingerprint density at radius 1 is 0.909 bits per heavy atom. The van der Waals surface area contributed by atoms with E-state index in [1.165, 1.54) is 28.8 Å². The Hall–Kier alpha value is -4.15. The van der Waals surface area contributed by atoms with Gasteiger partial charge in [0.1, 0.15) is 5.69 Å². The summed E-state index contributed by atoms with van der Waals surface area (Å²) in [6.07, 6.45) is 1.28. The fourth-order valence-electron chi connectivity index (χ4n) is 6.11. The predicted molar refractivity (Wildman–Crippen MR) is 174 cm³/mol. The third-order valence-corrected chi connectivity index (χ3v) is 9.73. The number of hydrogen-bond donors (Lipinski definition) is 2. The van der Waals surface area contributed by atoms with Crippen molar-refractivity contribution in [3.05, 3.63) is 111 Å². The molecule has 1 aliphatic heterocycles. The van der Waals surface area contributed by atoms with Crippen LogP contribution >= 0.6 is 0 Å². The average molecular weight is 616 g/mol. The van der Waals surface area contributed by atoms with E-state index in [1.54, 1.807) is 55.9 Å². The maximum absolute atomic E-state index is 13.4. The average Bonchev–Trinajstić information content (AvgIpc) is 3.19. The SMILES string of the molecule is Cc1ccc(S(=O)(=O)Nc2c(C)n(C)n(-c3ccccc3)c2=O)cc1C(=O)NCc1ccc(CN2CC(C)CC(C)C2)cc1. The Labute approximate surface area is 259 Å². The molecule has 44 heavy (non-hydrogen) atoms. The first-order valence-corrected chi connectivity index (χ1v) is 16.5. The minimum absolute atomic E-state index is 0.0457. The molecule has 2 unspecified atom stereocenters. The second kappa shape index (κ2) is 12.8. The van der Waals surface area contributed by atoms with Gasteiger partial charge in [-0.1, -0.05) is 62.4 Å². The molecule has 5 rings (SSSR count). The van der Waals surface area contributed by atoms with Crippen molar-refractivity contribution < 1.29 is 13.2 Å². The number of likely N-dealkylation sites (tertiary alicyclic amines) is 1. The monoisotopic (exact) mass is 615 g/mol. The van der Waals surface area contributed by atoms with Gasteiger partial charge in [0.25, 0.3) is 21.5 Å². The van der Waals surface area contributed by atoms with Crippen molar-refractivity contribution in [1.82, 2.24) is 19.6 Å². The van der Waals surface area contributed by atoms with E-state index in [2.05, 4.69) is 40.9 Å². The van der Waals surface area contributed by atoms with E-state index in [1.807, 2.05) is 18.2 Å². The number of nitrogens with zero attached hydrogens (tertiary/aromatic N) is 3. The minimum Gasteiger partial charge on any atom is -0.348 e. The summed E-state index contributed by atoms with van der Waals surface area (Å²) in [5.41, 5.74) is 3.63. The van der Waals surface area contributed by atoms with Crippen LogP contribution < -0.4 is 15.6 Å². The number of sulfonamides is 1. The highest BCUT2D eigenvalue weighted by atomic mass is 32.2. The molecule has 2 N–H and O–H groups in total. The lowest BCUT2D eigenvalue weighted by atomic mass is 9.91. The van der Waals surface area contributed by atoms with E-state index in [4.69, 9.17) is 0 Å². The molecule has 10 heteroatoms. The molecule has 0 spiro atoms. The zero-order chi connectivity index (χ0) is 31.6. The van der Waals surface area contributed by atoms with Crippen molar-refractivity contribution in [3.63, 3.8) is 0 Å². The third kappa shape index (κ3) is 6.81. The molecule has 4 aromatic rings. The third-order valence-electron chi connectivity index (χ3n) is 8.38. The van der Waals surface area contributed by atoms with Crippen molar-refractivity contribution >= 4 is 21.6 Å². The van der Waals surface area contributed by atoms with Crippen LogP contribution in [0.4, 0.5) is 5.69 Å². The van der Waals surface area contributed by atoms with Gasteiger partial charge < -0.3 is 5.32 Å². The van der Waals surface area contributed by atoms with Gasteiger partial charge in [-0.15, -0.1) is 0 Å². The van der Waals surface area contributed by atoms with Crippen LogP contribution in [-0.2, 0) is 30.2 Å². The van der Waals surface area contributed by atoms with Gasteiger partial charge >= 0.3 is 0 Å². The highest BCUT2D eigenvalue weighted by molar-refractivity contribution is 7.92. The van der Waals surface area contributed by atoms with Crippen LogP contribution in [0.1, 0.15) is 53.0 Å². The molecule has 0 radical (unpaired) electrons. The highest BCUT2D eigenvalue weighted by Crippen LogP contribution is 2.23. The highest BCUT2D eigenvalue weighted by Gasteiger charge is 2.24. The van der Waals surface area contributed by atoms with Crippen LogP contribution in [0.2, 0.25) is 0 Å². The van der Waals surface area contributed by atoms with Crippen molar-refractivity contribution in [3.8, 4) is 5.69 Å². The number of nitrogens with one attached hydrogen (secondary N) is 2. The Kier molecular flexibility index (Phi) is 9.12. The van der Waals surface area contributed by atoms with Crippen LogP contribution in [0.15, 0.2) is 82.5 Å². The molecule has 3 aromatic carbocycles. The molecule has 0 bridgehead atoms. The number of anilines is 1. The van der Waals surface area contributed by atoms with E-state index in [0.29, 0.717) is 35.3 Å². The Balaban J connectivity index is 1.27. The normalized spacial score (nSPS) is 17.4. The first-order chi connectivity index (χ1) is 20.9. The fraction of sp³-hybridized carbons (Fsp3) is 0.353. The van der Waals surface area contributed by atoms with Crippen molar-refractivity contribution in [1.29, 1.82) is 0 Å². The number of para-hydroxylation sites is 1. The lowest BCUT2D eigenvalue weighted by Crippen LogP contribution is -2.38. The number of piperidine rings is 1. The van der Waals surface area contributed by atoms with Crippen molar-refractivity contribution in [2.75, 3.05) is 17.8 Å². The van der Waals surface area contributed by atoms with Crippen LogP contribution in [0.3, 0.4) is 0 Å². The Morgan fingerprint density at radius 3 is 2.20 bits per heavy atom. The van der Waals surface area contributed by atoms with Gasteiger partial charge in [-0.3, -0.25) is 23.9 Å². The van der Waals surface area contributed by atoms with Gasteiger partial charge in [-0.25, -0.2) is 13.1 Å². The van der Waals surface area contributed by atoms with Crippen LogP contribution in [-0.4, -0.2) is 41.7 Å². The van der Waals surface area contributed by atoms with Gasteiger partial charge in [-0.2, -0.15) is 0 Å². The van der Waals surface area contributed by atoms with E-state index in [9.17, 15) is 18.0 Å². The summed E-state index contributed by atoms with van der Waals surface area (Å²) in [6.45, 7) is 11.5. The van der Waals surface area contributed by atoms with Crippen molar-refractivity contribution in [2.45, 2.75) is 52.1 Å². The molecule has 0 aliphatic carbocycles. The molecule has 2 heterocycles. The second-order valence-electron chi connectivity index (χ2n) is 12.2. The first-order valence-electron chi connectivity index (χ1n) is 15.0. The van der Waals surface area contributed by atoms with Crippen LogP contribution in [0.5, 0.6) is 0 Å². The molecule has 1 aromatic heterocycles. The molecule has 1 saturated heterocycles. The topological polar surface area (TPSA) is 105 Å². The summed E-state index contributed by atoms with van der Waals surface area (Å²) in [5, 5.41) is 2.92. The molecule has 1 fully saturated rings. The summed E-state index contributed by atoms with van der Waals surface area (Å²) in [6, 6.07) is 21.6. The molecular weight excluding hydrogens is 574 g/mol. The van der Waals surface area contributed by atoms with Crippen LogP contribution in [0.25, 0.3) is 5.69 Å². The molecule has 232 valence electrons. The minimum atomic E-state index is -4.17. The molecule has 2 atom stereocenters. The summed E-state index contributed by atoms with van der Waals surface area (Å²) in [7, 11) is -2.48. The van der Waals surface area contributed by atoms with E-state index < -0.39 is 15.6 Å². The number of aryl methyl sites for hydroxylation is 1. The van der Waals surface area contributed by atoms with Gasteiger partial charge in [0.15, 0.2) is 0 Å². The molecule has 1 amide bonds. The second-order valence-corrected chi connectivity index (χ2v) is 13.8. The lowest BCUT2D eigenvalue weighted by Gasteiger charge is -2.35. The standard InChI is InChI=1S/C34H41N5O4S/c1-23-17-24(2)21-38(20-23)22-28-14-12-27(13-15-28)19-35-33(40)31-18-30(16-11-25(31)3)44(42,43)36-32-26(4)37(5)39(34(32)41)29-9-7-6-8-10-29/h6-16,18,23-24,36H,17,19-22H2,1-5H3,(H,35,40). The molecule has 1 aliphatic rings. The Bertz CT molecular complexity index is 1800. The largest absolute Gasteiger partial charge is 0.348 e. The fourth-order valence-corrected chi connectivity index (χ4v) is 7.25. The number of benzene rings is 3. The number of carbonyl (C=O) groups is 1. The van der Waals surface area contributed by atoms with Gasteiger partial charge in [-0.05, 0) is 73.1 Å². The number of amides is 1. The predicted octanol–water partition coefficient (Wildman–Crippen LogP) is 5.00. The van der Waals surface area contributed by atoms with E-state index in [0.717, 1.165) is 25.2 Å². The summed E-state index contributed by atoms with van der Waals surface area (Å²) >= 11 is 0. The zero-order valence-corrected chi connectivity index (χ0v) is 26.8. The lowest BCUT2D eigenvalue weighted by molar-refractivity contribution is 0.0950. The van der Waals surface area contributed by atoms with E-state index >= 15 is 0 Å². The molecular formula is C34H41N5O4S. The summed E-state index contributed by atoms with van der Waals surface area (Å²) < 4.78 is 32.3. The molecule has 9 nitrogen and oxygen atoms in total. The van der Waals surface area contributed by atoms with Crippen LogP contribution in [0, 0.1) is 25.7 Å². The number of aromatic nitrogens is 2. The summed E-state index contributed by atoms with van der Waals surface area (Å²) in [5.74, 6) is 1.04. The van der Waals surface area contributed by atoms with Gasteiger partial charge in [0, 0.05) is 38.8 Å². The first kappa shape index (κ1) is 31.3. The zero-order valence-electron chi connectivity index (χ0n) is 26.0. The van der Waals surface area contributed by atoms with E-state index in [-0.39, 0.29) is 22.1 Å². The maximum atomic E-state index is 13.4. The van der Waals surface area contributed by atoms with Gasteiger partial charge in [0.05, 0.1) is 16.3 Å². The molecule has 0 saturated carbocycles. The number of carbonyl (C=O) groups excluding carboxylic acids is 1. The maximum Gasteiger partial charge on any atom is 0.296 e. The summed E-state index contributed by atoms with van der Waals surface area (Å²) in [4.78, 5) is 28.9. The number of hydrogen-bond acceptors (Lipinski definition) is 5. The smallest absolute Gasteiger partial charge is 0.296 e. The van der Waals surface area contributed by atoms with Gasteiger partial charge in [0.2, 0.25) is 0 Å². The Morgan fingerprint density at radius 2 is 1.55 bits per heavy atom. The number of rotatable bonds is 9.